The Hall–Kier alpha value is -1.91. The second-order valence-corrected chi connectivity index (χ2v) is 3.89. The molecule has 0 spiro atoms. The minimum atomic E-state index is -0.0608. The molecule has 18 heavy (non-hydrogen) atoms. The smallest absolute Gasteiger partial charge is 0.119 e. The molecule has 0 aliphatic rings. The Labute approximate surface area is 107 Å². The first-order valence-corrected chi connectivity index (χ1v) is 5.94. The summed E-state index contributed by atoms with van der Waals surface area (Å²) >= 11 is 0. The van der Waals surface area contributed by atoms with Crippen molar-refractivity contribution >= 4 is 0 Å². The van der Waals surface area contributed by atoms with Gasteiger partial charge in [-0.25, -0.2) is 5.43 Å². The van der Waals surface area contributed by atoms with E-state index in [0.717, 1.165) is 16.9 Å². The third-order valence-electron chi connectivity index (χ3n) is 2.71. The number of hydrogen-bond donors (Lipinski definition) is 2. The minimum Gasteiger partial charge on any atom is -0.494 e. The maximum Gasteiger partial charge on any atom is 0.119 e. The maximum atomic E-state index is 5.62. The van der Waals surface area contributed by atoms with Gasteiger partial charge in [-0.05, 0) is 36.2 Å². The molecule has 1 heterocycles. The first-order chi connectivity index (χ1) is 8.85. The van der Waals surface area contributed by atoms with Gasteiger partial charge < -0.3 is 4.74 Å². The quantitative estimate of drug-likeness (QED) is 0.623. The highest BCUT2D eigenvalue weighted by atomic mass is 16.5. The molecule has 2 aromatic rings. The lowest BCUT2D eigenvalue weighted by Gasteiger charge is -2.16. The highest BCUT2D eigenvalue weighted by Gasteiger charge is 2.12. The third kappa shape index (κ3) is 2.85. The van der Waals surface area contributed by atoms with E-state index in [1.165, 1.54) is 0 Å². The molecule has 1 aromatic carbocycles. The monoisotopic (exact) mass is 243 g/mol. The predicted molar refractivity (Wildman–Crippen MR) is 71.0 cm³/mol. The lowest BCUT2D eigenvalue weighted by atomic mass is 10.0. The fraction of sp³-hybridized carbons (Fsp3) is 0.214. The molecule has 0 aliphatic carbocycles. The standard InChI is InChI=1S/C14H17N3O/c1-2-18-13-7-5-11(6-8-13)14(17-15)12-4-3-9-16-10-12/h3-10,14,17H,2,15H2,1H3. The number of hydrogen-bond acceptors (Lipinski definition) is 4. The summed E-state index contributed by atoms with van der Waals surface area (Å²) in [5, 5.41) is 0. The molecule has 0 saturated carbocycles. The minimum absolute atomic E-state index is 0.0608. The SMILES string of the molecule is CCOc1ccc(C(NN)c2cccnc2)cc1. The summed E-state index contributed by atoms with van der Waals surface area (Å²) in [6.45, 7) is 2.63. The van der Waals surface area contributed by atoms with E-state index in [1.807, 2.05) is 43.3 Å². The zero-order chi connectivity index (χ0) is 12.8. The Balaban J connectivity index is 2.23. The number of nitrogens with one attached hydrogen (secondary N) is 1. The van der Waals surface area contributed by atoms with Gasteiger partial charge in [0.05, 0.1) is 12.6 Å². The van der Waals surface area contributed by atoms with Gasteiger partial charge in [-0.1, -0.05) is 18.2 Å². The Kier molecular flexibility index (Phi) is 4.28. The molecule has 4 nitrogen and oxygen atoms in total. The zero-order valence-electron chi connectivity index (χ0n) is 10.3. The molecule has 94 valence electrons. The van der Waals surface area contributed by atoms with Gasteiger partial charge in [-0.2, -0.15) is 0 Å². The molecule has 3 N–H and O–H groups in total. The molecule has 0 saturated heterocycles. The van der Waals surface area contributed by atoms with E-state index in [0.29, 0.717) is 6.61 Å². The summed E-state index contributed by atoms with van der Waals surface area (Å²) < 4.78 is 5.42. The van der Waals surface area contributed by atoms with E-state index < -0.39 is 0 Å². The van der Waals surface area contributed by atoms with E-state index in [1.54, 1.807) is 12.4 Å². The molecule has 1 aromatic heterocycles. The van der Waals surface area contributed by atoms with E-state index >= 15 is 0 Å². The number of nitrogens with zero attached hydrogens (tertiary/aromatic N) is 1. The fourth-order valence-electron chi connectivity index (χ4n) is 1.85. The van der Waals surface area contributed by atoms with Gasteiger partial charge in [0.2, 0.25) is 0 Å². The number of benzene rings is 1. The van der Waals surface area contributed by atoms with Crippen LogP contribution in [0.15, 0.2) is 48.8 Å². The van der Waals surface area contributed by atoms with Gasteiger partial charge in [0.15, 0.2) is 0 Å². The van der Waals surface area contributed by atoms with Crippen LogP contribution in [0.2, 0.25) is 0 Å². The Bertz CT molecular complexity index is 470. The predicted octanol–water partition coefficient (Wildman–Crippen LogP) is 2.03. The van der Waals surface area contributed by atoms with Crippen LogP contribution in [0.1, 0.15) is 24.1 Å². The lowest BCUT2D eigenvalue weighted by molar-refractivity contribution is 0.340. The topological polar surface area (TPSA) is 60.2 Å². The van der Waals surface area contributed by atoms with Crippen molar-refractivity contribution in [2.24, 2.45) is 5.84 Å². The maximum absolute atomic E-state index is 5.62. The fourth-order valence-corrected chi connectivity index (χ4v) is 1.85. The van der Waals surface area contributed by atoms with Crippen molar-refractivity contribution in [3.63, 3.8) is 0 Å². The molecular weight excluding hydrogens is 226 g/mol. The molecular formula is C14H17N3O. The van der Waals surface area contributed by atoms with Crippen LogP contribution in [-0.2, 0) is 0 Å². The van der Waals surface area contributed by atoms with Gasteiger partial charge in [0.25, 0.3) is 0 Å². The number of pyridine rings is 1. The van der Waals surface area contributed by atoms with Crippen molar-refractivity contribution < 1.29 is 4.74 Å². The highest BCUT2D eigenvalue weighted by molar-refractivity contribution is 5.34. The Morgan fingerprint density at radius 3 is 2.56 bits per heavy atom. The van der Waals surface area contributed by atoms with E-state index in [2.05, 4.69) is 10.4 Å². The van der Waals surface area contributed by atoms with Gasteiger partial charge >= 0.3 is 0 Å². The van der Waals surface area contributed by atoms with Gasteiger partial charge in [0.1, 0.15) is 5.75 Å². The summed E-state index contributed by atoms with van der Waals surface area (Å²) in [6, 6.07) is 11.7. The molecule has 0 bridgehead atoms. The van der Waals surface area contributed by atoms with E-state index in [-0.39, 0.29) is 6.04 Å². The Morgan fingerprint density at radius 2 is 2.00 bits per heavy atom. The molecule has 0 fully saturated rings. The number of hydrazine groups is 1. The summed E-state index contributed by atoms with van der Waals surface area (Å²) in [5.41, 5.74) is 4.91. The summed E-state index contributed by atoms with van der Waals surface area (Å²) in [7, 11) is 0. The van der Waals surface area contributed by atoms with Crippen LogP contribution in [0.4, 0.5) is 0 Å². The molecule has 2 rings (SSSR count). The number of nitrogens with two attached hydrogens (primary N) is 1. The summed E-state index contributed by atoms with van der Waals surface area (Å²) in [6.07, 6.45) is 3.55. The van der Waals surface area contributed by atoms with Crippen LogP contribution in [-0.4, -0.2) is 11.6 Å². The molecule has 4 heteroatoms. The van der Waals surface area contributed by atoms with Crippen LogP contribution in [0, 0.1) is 0 Å². The molecule has 1 atom stereocenters. The van der Waals surface area contributed by atoms with E-state index in [4.69, 9.17) is 10.6 Å². The molecule has 1 unspecified atom stereocenters. The van der Waals surface area contributed by atoms with Crippen LogP contribution in [0.25, 0.3) is 0 Å². The highest BCUT2D eigenvalue weighted by Crippen LogP contribution is 2.22. The molecule has 0 aliphatic heterocycles. The molecule has 0 radical (unpaired) electrons. The van der Waals surface area contributed by atoms with Crippen molar-refractivity contribution in [2.75, 3.05) is 6.61 Å². The van der Waals surface area contributed by atoms with E-state index in [9.17, 15) is 0 Å². The van der Waals surface area contributed by atoms with Crippen molar-refractivity contribution in [3.05, 3.63) is 59.9 Å². The first-order valence-electron chi connectivity index (χ1n) is 5.94. The van der Waals surface area contributed by atoms with Crippen LogP contribution in [0.3, 0.4) is 0 Å². The normalized spacial score (nSPS) is 12.1. The second kappa shape index (κ2) is 6.14. The summed E-state index contributed by atoms with van der Waals surface area (Å²) in [5.74, 6) is 6.49. The van der Waals surface area contributed by atoms with Gasteiger partial charge in [0, 0.05) is 12.4 Å². The zero-order valence-corrected chi connectivity index (χ0v) is 10.3. The summed E-state index contributed by atoms with van der Waals surface area (Å²) in [4.78, 5) is 4.11. The second-order valence-electron chi connectivity index (χ2n) is 3.89. The average molecular weight is 243 g/mol. The van der Waals surface area contributed by atoms with Gasteiger partial charge in [-0.3, -0.25) is 10.8 Å². The Morgan fingerprint density at radius 1 is 1.22 bits per heavy atom. The van der Waals surface area contributed by atoms with Crippen LogP contribution < -0.4 is 16.0 Å². The lowest BCUT2D eigenvalue weighted by Crippen LogP contribution is -2.28. The van der Waals surface area contributed by atoms with Crippen LogP contribution >= 0.6 is 0 Å². The number of rotatable bonds is 5. The van der Waals surface area contributed by atoms with Crippen molar-refractivity contribution in [1.82, 2.24) is 10.4 Å². The van der Waals surface area contributed by atoms with Crippen LogP contribution in [0.5, 0.6) is 5.75 Å². The third-order valence-corrected chi connectivity index (χ3v) is 2.71. The first kappa shape index (κ1) is 12.5. The average Bonchev–Trinajstić information content (AvgIpc) is 2.43. The largest absolute Gasteiger partial charge is 0.494 e. The van der Waals surface area contributed by atoms with Crippen molar-refractivity contribution in [1.29, 1.82) is 0 Å². The van der Waals surface area contributed by atoms with Gasteiger partial charge in [-0.15, -0.1) is 0 Å². The van der Waals surface area contributed by atoms with Crippen molar-refractivity contribution in [3.8, 4) is 5.75 Å². The number of ether oxygens (including phenoxy) is 1. The molecule has 0 amide bonds. The van der Waals surface area contributed by atoms with Crippen molar-refractivity contribution in [2.45, 2.75) is 13.0 Å². The number of aromatic nitrogens is 1.